The lowest BCUT2D eigenvalue weighted by Gasteiger charge is -2.43. The molecule has 3 unspecified atom stereocenters. The van der Waals surface area contributed by atoms with Gasteiger partial charge in [0.05, 0.1) is 10.4 Å². The summed E-state index contributed by atoms with van der Waals surface area (Å²) in [6.45, 7) is 5.65. The van der Waals surface area contributed by atoms with Gasteiger partial charge >= 0.3 is 0 Å². The fraction of sp³-hybridized carbons (Fsp3) is 0.750. The Kier molecular flexibility index (Phi) is 6.34. The minimum absolute atomic E-state index is 0.196. The Labute approximate surface area is 132 Å². The van der Waals surface area contributed by atoms with Crippen LogP contribution in [0.2, 0.25) is 4.34 Å². The summed E-state index contributed by atoms with van der Waals surface area (Å²) >= 11 is 7.85. The Morgan fingerprint density at radius 2 is 2.20 bits per heavy atom. The zero-order chi connectivity index (χ0) is 14.5. The van der Waals surface area contributed by atoms with Crippen LogP contribution in [0.4, 0.5) is 0 Å². The zero-order valence-corrected chi connectivity index (χ0v) is 14.2. The van der Waals surface area contributed by atoms with Gasteiger partial charge in [-0.3, -0.25) is 4.90 Å². The highest BCUT2D eigenvalue weighted by Crippen LogP contribution is 2.37. The Morgan fingerprint density at radius 1 is 1.40 bits per heavy atom. The summed E-state index contributed by atoms with van der Waals surface area (Å²) in [7, 11) is 0. The quantitative estimate of drug-likeness (QED) is 0.814. The lowest BCUT2D eigenvalue weighted by atomic mass is 9.92. The molecule has 2 rings (SSSR count). The molecule has 0 radical (unpaired) electrons. The molecule has 1 aliphatic rings. The van der Waals surface area contributed by atoms with E-state index in [4.69, 9.17) is 17.3 Å². The van der Waals surface area contributed by atoms with E-state index < -0.39 is 0 Å². The summed E-state index contributed by atoms with van der Waals surface area (Å²) < 4.78 is 0.873. The number of nitrogens with two attached hydrogens (primary N) is 1. The van der Waals surface area contributed by atoms with Crippen LogP contribution in [-0.2, 0) is 0 Å². The third-order valence-corrected chi connectivity index (χ3v) is 5.72. The molecular weight excluding hydrogens is 288 g/mol. The van der Waals surface area contributed by atoms with Gasteiger partial charge in [0.2, 0.25) is 0 Å². The fourth-order valence-electron chi connectivity index (χ4n) is 3.36. The topological polar surface area (TPSA) is 29.3 Å². The Morgan fingerprint density at radius 3 is 2.80 bits per heavy atom. The molecule has 2 N–H and O–H groups in total. The SMILES string of the molecule is CCCC1CCCCN1C(c1ccc(Cl)s1)C(N)CC. The van der Waals surface area contributed by atoms with Crippen molar-refractivity contribution in [3.8, 4) is 0 Å². The van der Waals surface area contributed by atoms with Gasteiger partial charge in [0.1, 0.15) is 0 Å². The van der Waals surface area contributed by atoms with Gasteiger partial charge in [-0.1, -0.05) is 38.3 Å². The van der Waals surface area contributed by atoms with Crippen molar-refractivity contribution in [3.05, 3.63) is 21.3 Å². The summed E-state index contributed by atoms with van der Waals surface area (Å²) in [5, 5.41) is 0. The molecular formula is C16H27ClN2S. The molecule has 0 amide bonds. The molecule has 4 heteroatoms. The average Bonchev–Trinajstić information content (AvgIpc) is 2.87. The number of piperidine rings is 1. The van der Waals surface area contributed by atoms with Gasteiger partial charge in [-0.2, -0.15) is 0 Å². The first-order valence-electron chi connectivity index (χ1n) is 7.93. The molecule has 1 fully saturated rings. The number of thiophene rings is 1. The molecule has 2 heterocycles. The van der Waals surface area contributed by atoms with Crippen LogP contribution < -0.4 is 5.73 Å². The summed E-state index contributed by atoms with van der Waals surface area (Å²) in [5.41, 5.74) is 6.47. The monoisotopic (exact) mass is 314 g/mol. The van der Waals surface area contributed by atoms with Crippen LogP contribution in [0.1, 0.15) is 63.3 Å². The maximum absolute atomic E-state index is 6.47. The molecule has 20 heavy (non-hydrogen) atoms. The number of rotatable bonds is 6. The van der Waals surface area contributed by atoms with Gasteiger partial charge in [-0.15, -0.1) is 11.3 Å². The van der Waals surface area contributed by atoms with Crippen molar-refractivity contribution in [2.45, 2.75) is 70.5 Å². The number of hydrogen-bond acceptors (Lipinski definition) is 3. The van der Waals surface area contributed by atoms with Crippen LogP contribution in [0.15, 0.2) is 12.1 Å². The highest BCUT2D eigenvalue weighted by molar-refractivity contribution is 7.16. The first kappa shape index (κ1) is 16.3. The van der Waals surface area contributed by atoms with E-state index in [1.807, 2.05) is 6.07 Å². The highest BCUT2D eigenvalue weighted by Gasteiger charge is 2.33. The van der Waals surface area contributed by atoms with Crippen molar-refractivity contribution in [2.75, 3.05) is 6.54 Å². The van der Waals surface area contributed by atoms with E-state index in [1.54, 1.807) is 11.3 Å². The summed E-state index contributed by atoms with van der Waals surface area (Å²) in [6, 6.07) is 5.41. The van der Waals surface area contributed by atoms with Crippen LogP contribution in [-0.4, -0.2) is 23.5 Å². The molecule has 2 nitrogen and oxygen atoms in total. The maximum atomic E-state index is 6.47. The second-order valence-corrected chi connectivity index (χ2v) is 7.58. The molecule has 1 aromatic rings. The number of likely N-dealkylation sites (tertiary alicyclic amines) is 1. The number of halogens is 1. The van der Waals surface area contributed by atoms with Crippen molar-refractivity contribution in [2.24, 2.45) is 5.73 Å². The first-order valence-corrected chi connectivity index (χ1v) is 9.13. The first-order chi connectivity index (χ1) is 9.67. The maximum Gasteiger partial charge on any atom is 0.0931 e. The molecule has 0 spiro atoms. The molecule has 114 valence electrons. The van der Waals surface area contributed by atoms with E-state index in [-0.39, 0.29) is 6.04 Å². The molecule has 0 aliphatic carbocycles. The minimum atomic E-state index is 0.196. The third kappa shape index (κ3) is 3.76. The van der Waals surface area contributed by atoms with Crippen molar-refractivity contribution >= 4 is 22.9 Å². The average molecular weight is 315 g/mol. The third-order valence-electron chi connectivity index (χ3n) is 4.41. The predicted molar refractivity (Wildman–Crippen MR) is 89.6 cm³/mol. The van der Waals surface area contributed by atoms with E-state index in [2.05, 4.69) is 24.8 Å². The largest absolute Gasteiger partial charge is 0.326 e. The van der Waals surface area contributed by atoms with Gasteiger partial charge in [-0.05, 0) is 44.4 Å². The predicted octanol–water partition coefficient (Wildman–Crippen LogP) is 4.83. The summed E-state index contributed by atoms with van der Waals surface area (Å²) in [5.74, 6) is 0. The van der Waals surface area contributed by atoms with Crippen LogP contribution in [0.3, 0.4) is 0 Å². The van der Waals surface area contributed by atoms with Gasteiger partial charge in [-0.25, -0.2) is 0 Å². The van der Waals surface area contributed by atoms with Gasteiger partial charge in [0.15, 0.2) is 0 Å². The molecule has 0 aromatic carbocycles. The normalized spacial score (nSPS) is 23.7. The van der Waals surface area contributed by atoms with Gasteiger partial charge < -0.3 is 5.73 Å². The number of nitrogens with zero attached hydrogens (tertiary/aromatic N) is 1. The van der Waals surface area contributed by atoms with E-state index in [1.165, 1.54) is 43.5 Å². The minimum Gasteiger partial charge on any atom is -0.326 e. The van der Waals surface area contributed by atoms with Crippen LogP contribution >= 0.6 is 22.9 Å². The molecule has 0 saturated carbocycles. The zero-order valence-electron chi connectivity index (χ0n) is 12.6. The number of hydrogen-bond donors (Lipinski definition) is 1. The lowest BCUT2D eigenvalue weighted by Crippen LogP contribution is -2.48. The summed E-state index contributed by atoms with van der Waals surface area (Å²) in [6.07, 6.45) is 7.52. The molecule has 3 atom stereocenters. The molecule has 1 aliphatic heterocycles. The second kappa shape index (κ2) is 7.79. The smallest absolute Gasteiger partial charge is 0.0931 e. The second-order valence-electron chi connectivity index (χ2n) is 5.83. The molecule has 1 saturated heterocycles. The van der Waals surface area contributed by atoms with E-state index in [0.717, 1.165) is 10.8 Å². The van der Waals surface area contributed by atoms with Gasteiger partial charge in [0.25, 0.3) is 0 Å². The van der Waals surface area contributed by atoms with Crippen molar-refractivity contribution < 1.29 is 0 Å². The van der Waals surface area contributed by atoms with Crippen LogP contribution in [0, 0.1) is 0 Å². The summed E-state index contributed by atoms with van der Waals surface area (Å²) in [4.78, 5) is 4.01. The van der Waals surface area contributed by atoms with Crippen molar-refractivity contribution in [1.82, 2.24) is 4.90 Å². The fourth-order valence-corrected chi connectivity index (χ4v) is 4.62. The molecule has 1 aromatic heterocycles. The van der Waals surface area contributed by atoms with Gasteiger partial charge in [0, 0.05) is 17.0 Å². The standard InChI is InChI=1S/C16H27ClN2S/c1-3-7-12-8-5-6-11-19(12)16(13(18)4-2)14-9-10-15(17)20-14/h9-10,12-13,16H,3-8,11,18H2,1-2H3. The van der Waals surface area contributed by atoms with Crippen LogP contribution in [0.5, 0.6) is 0 Å². The van der Waals surface area contributed by atoms with E-state index in [9.17, 15) is 0 Å². The van der Waals surface area contributed by atoms with E-state index in [0.29, 0.717) is 12.1 Å². The Hall–Kier alpha value is -0.0900. The highest BCUT2D eigenvalue weighted by atomic mass is 35.5. The lowest BCUT2D eigenvalue weighted by molar-refractivity contribution is 0.0744. The van der Waals surface area contributed by atoms with E-state index >= 15 is 0 Å². The van der Waals surface area contributed by atoms with Crippen LogP contribution in [0.25, 0.3) is 0 Å². The van der Waals surface area contributed by atoms with Crippen molar-refractivity contribution in [3.63, 3.8) is 0 Å². The van der Waals surface area contributed by atoms with Crippen molar-refractivity contribution in [1.29, 1.82) is 0 Å². The Bertz CT molecular complexity index is 405. The molecule has 0 bridgehead atoms. The Balaban J connectivity index is 2.24.